The molecule has 1 unspecified atom stereocenters. The molecule has 1 atom stereocenters. The van der Waals surface area contributed by atoms with Crippen molar-refractivity contribution in [1.29, 1.82) is 0 Å². The van der Waals surface area contributed by atoms with E-state index in [0.29, 0.717) is 12.1 Å². The molecule has 0 fully saturated rings. The molecule has 3 aromatic rings. The minimum atomic E-state index is -4.07. The number of nitrogens with one attached hydrogen (secondary N) is 1. The smallest absolute Gasteiger partial charge is 0.264 e. The van der Waals surface area contributed by atoms with Crippen LogP contribution in [0.5, 0.6) is 0 Å². The monoisotopic (exact) mass is 647 g/mol. The minimum absolute atomic E-state index is 0.0819. The molecule has 9 heteroatoms. The number of carbonyl (C=O) groups is 2. The van der Waals surface area contributed by atoms with Gasteiger partial charge in [-0.1, -0.05) is 55.5 Å². The Morgan fingerprint density at radius 1 is 0.895 bits per heavy atom. The number of carbonyl (C=O) groups excluding carboxylic acids is 2. The van der Waals surface area contributed by atoms with Crippen LogP contribution in [0.2, 0.25) is 0 Å². The number of benzene rings is 3. The summed E-state index contributed by atoms with van der Waals surface area (Å²) < 4.78 is 29.6. The molecule has 0 aliphatic heterocycles. The molecule has 0 bridgehead atoms. The minimum Gasteiger partial charge on any atom is -0.350 e. The number of amides is 2. The lowest BCUT2D eigenvalue weighted by molar-refractivity contribution is -0.141. The predicted molar refractivity (Wildman–Crippen MR) is 159 cm³/mol. The number of hydrogen-bond acceptors (Lipinski definition) is 4. The third kappa shape index (κ3) is 7.80. The molecule has 38 heavy (non-hydrogen) atoms. The van der Waals surface area contributed by atoms with Gasteiger partial charge in [0, 0.05) is 15.7 Å². The van der Waals surface area contributed by atoms with E-state index in [2.05, 4.69) is 27.9 Å². The van der Waals surface area contributed by atoms with Crippen molar-refractivity contribution in [3.05, 3.63) is 94.1 Å². The number of anilines is 1. The molecule has 2 amide bonds. The van der Waals surface area contributed by atoms with E-state index in [4.69, 9.17) is 0 Å². The Kier molecular flexibility index (Phi) is 9.94. The van der Waals surface area contributed by atoms with Crippen molar-refractivity contribution in [2.45, 2.75) is 57.1 Å². The van der Waals surface area contributed by atoms with Crippen molar-refractivity contribution in [3.8, 4) is 0 Å². The van der Waals surface area contributed by atoms with Crippen molar-refractivity contribution in [2.75, 3.05) is 10.8 Å². The zero-order valence-corrected chi connectivity index (χ0v) is 25.1. The maximum Gasteiger partial charge on any atom is 0.264 e. The third-order valence-corrected chi connectivity index (χ3v) is 8.31. The highest BCUT2D eigenvalue weighted by Crippen LogP contribution is 2.25. The van der Waals surface area contributed by atoms with E-state index in [0.717, 1.165) is 13.4 Å². The van der Waals surface area contributed by atoms with Crippen LogP contribution in [0.1, 0.15) is 39.7 Å². The lowest BCUT2D eigenvalue weighted by Gasteiger charge is -2.34. The van der Waals surface area contributed by atoms with Crippen molar-refractivity contribution in [1.82, 2.24) is 10.2 Å². The van der Waals surface area contributed by atoms with Crippen LogP contribution in [-0.2, 0) is 26.2 Å². The Labute approximate surface area is 239 Å². The second-order valence-electron chi connectivity index (χ2n) is 9.97. The van der Waals surface area contributed by atoms with E-state index in [1.165, 1.54) is 17.0 Å². The summed E-state index contributed by atoms with van der Waals surface area (Å²) in [6, 6.07) is 23.6. The fourth-order valence-electron chi connectivity index (χ4n) is 4.01. The first-order valence-corrected chi connectivity index (χ1v) is 14.9. The van der Waals surface area contributed by atoms with E-state index >= 15 is 0 Å². The van der Waals surface area contributed by atoms with Gasteiger partial charge in [0.2, 0.25) is 11.8 Å². The van der Waals surface area contributed by atoms with Crippen molar-refractivity contribution in [3.63, 3.8) is 0 Å². The molecule has 0 saturated carbocycles. The SMILES string of the molecule is CCC(C(=O)NC(C)(C)C)N(Cc1ccccc1)C(=O)CN(c1ccc(I)cc1)S(=O)(=O)c1ccccc1. The second-order valence-corrected chi connectivity index (χ2v) is 13.1. The molecule has 0 saturated heterocycles. The average molecular weight is 648 g/mol. The summed E-state index contributed by atoms with van der Waals surface area (Å²) in [5.41, 5.74) is 0.722. The Bertz CT molecular complexity index is 1330. The summed E-state index contributed by atoms with van der Waals surface area (Å²) in [7, 11) is -4.07. The summed E-state index contributed by atoms with van der Waals surface area (Å²) in [6.45, 7) is 7.20. The van der Waals surface area contributed by atoms with Crippen LogP contribution in [0, 0.1) is 3.57 Å². The molecular formula is C29H34IN3O4S. The van der Waals surface area contributed by atoms with E-state index in [9.17, 15) is 18.0 Å². The molecule has 3 rings (SSSR count). The Hall–Kier alpha value is -2.92. The Balaban J connectivity index is 2.04. The van der Waals surface area contributed by atoms with Gasteiger partial charge in [-0.05, 0) is 91.7 Å². The highest BCUT2D eigenvalue weighted by molar-refractivity contribution is 14.1. The first-order valence-electron chi connectivity index (χ1n) is 12.4. The number of nitrogens with zero attached hydrogens (tertiary/aromatic N) is 2. The van der Waals surface area contributed by atoms with Crippen molar-refractivity contribution < 1.29 is 18.0 Å². The first-order chi connectivity index (χ1) is 17.9. The molecule has 0 spiro atoms. The predicted octanol–water partition coefficient (Wildman–Crippen LogP) is 5.21. The molecule has 1 N–H and O–H groups in total. The number of rotatable bonds is 10. The van der Waals surface area contributed by atoms with Gasteiger partial charge in [0.1, 0.15) is 12.6 Å². The normalized spacial score (nSPS) is 12.4. The van der Waals surface area contributed by atoms with Crippen LogP contribution in [0.4, 0.5) is 5.69 Å². The molecular weight excluding hydrogens is 613 g/mol. The van der Waals surface area contributed by atoms with E-state index < -0.39 is 34.1 Å². The zero-order valence-electron chi connectivity index (χ0n) is 22.1. The second kappa shape index (κ2) is 12.8. The van der Waals surface area contributed by atoms with Crippen LogP contribution in [0.3, 0.4) is 0 Å². The fourth-order valence-corrected chi connectivity index (χ4v) is 5.80. The lowest BCUT2D eigenvalue weighted by Crippen LogP contribution is -2.55. The van der Waals surface area contributed by atoms with Crippen LogP contribution in [-0.4, -0.2) is 43.3 Å². The number of hydrogen-bond donors (Lipinski definition) is 1. The van der Waals surface area contributed by atoms with Crippen LogP contribution < -0.4 is 9.62 Å². The summed E-state index contributed by atoms with van der Waals surface area (Å²) >= 11 is 2.14. The molecule has 202 valence electrons. The van der Waals surface area contributed by atoms with Gasteiger partial charge >= 0.3 is 0 Å². The van der Waals surface area contributed by atoms with Crippen LogP contribution in [0.15, 0.2) is 89.8 Å². The molecule has 0 aliphatic carbocycles. The van der Waals surface area contributed by atoms with Gasteiger partial charge in [0.25, 0.3) is 10.0 Å². The Morgan fingerprint density at radius 2 is 1.45 bits per heavy atom. The van der Waals surface area contributed by atoms with Gasteiger partial charge in [0.05, 0.1) is 10.6 Å². The maximum absolute atomic E-state index is 14.0. The van der Waals surface area contributed by atoms with Crippen LogP contribution >= 0.6 is 22.6 Å². The van der Waals surface area contributed by atoms with E-state index in [1.807, 2.05) is 58.0 Å². The van der Waals surface area contributed by atoms with Crippen molar-refractivity contribution >= 4 is 50.1 Å². The summed E-state index contributed by atoms with van der Waals surface area (Å²) in [4.78, 5) is 28.8. The molecule has 0 radical (unpaired) electrons. The molecule has 7 nitrogen and oxygen atoms in total. The molecule has 0 aliphatic rings. The largest absolute Gasteiger partial charge is 0.350 e. The Morgan fingerprint density at radius 3 is 1.97 bits per heavy atom. The lowest BCUT2D eigenvalue weighted by atomic mass is 10.1. The summed E-state index contributed by atoms with van der Waals surface area (Å²) in [5.74, 6) is -0.751. The molecule has 3 aromatic carbocycles. The first kappa shape index (κ1) is 29.6. The quantitative estimate of drug-likeness (QED) is 0.307. The topological polar surface area (TPSA) is 86.8 Å². The standard InChI is InChI=1S/C29H34IN3O4S/c1-5-26(28(35)31-29(2,3)4)32(20-22-12-8-6-9-13-22)27(34)21-33(24-18-16-23(30)17-19-24)38(36,37)25-14-10-7-11-15-25/h6-19,26H,5,20-21H2,1-4H3,(H,31,35). The third-order valence-electron chi connectivity index (χ3n) is 5.80. The van der Waals surface area contributed by atoms with Gasteiger partial charge in [-0.2, -0.15) is 0 Å². The highest BCUT2D eigenvalue weighted by Gasteiger charge is 2.34. The molecule has 0 heterocycles. The van der Waals surface area contributed by atoms with Gasteiger partial charge in [-0.15, -0.1) is 0 Å². The highest BCUT2D eigenvalue weighted by atomic mass is 127. The summed E-state index contributed by atoms with van der Waals surface area (Å²) in [6.07, 6.45) is 0.370. The van der Waals surface area contributed by atoms with Gasteiger partial charge in [-0.25, -0.2) is 8.42 Å². The van der Waals surface area contributed by atoms with Gasteiger partial charge in [0.15, 0.2) is 0 Å². The summed E-state index contributed by atoms with van der Waals surface area (Å²) in [5, 5.41) is 2.97. The van der Waals surface area contributed by atoms with Gasteiger partial charge in [-0.3, -0.25) is 13.9 Å². The zero-order chi connectivity index (χ0) is 27.9. The number of sulfonamides is 1. The van der Waals surface area contributed by atoms with E-state index in [1.54, 1.807) is 42.5 Å². The van der Waals surface area contributed by atoms with Crippen molar-refractivity contribution in [2.24, 2.45) is 0 Å². The molecule has 0 aromatic heterocycles. The fraction of sp³-hybridized carbons (Fsp3) is 0.310. The van der Waals surface area contributed by atoms with Gasteiger partial charge < -0.3 is 10.2 Å². The average Bonchev–Trinajstić information content (AvgIpc) is 2.87. The van der Waals surface area contributed by atoms with Crippen LogP contribution in [0.25, 0.3) is 0 Å². The maximum atomic E-state index is 14.0. The number of halogens is 1. The van der Waals surface area contributed by atoms with E-state index in [-0.39, 0.29) is 17.3 Å².